The van der Waals surface area contributed by atoms with E-state index in [1.807, 2.05) is 61.5 Å². The largest absolute Gasteiger partial charge is 0.314 e. The predicted octanol–water partition coefficient (Wildman–Crippen LogP) is 5.59. The number of aromatic nitrogens is 1. The first kappa shape index (κ1) is 20.7. The molecule has 3 rings (SSSR count). The van der Waals surface area contributed by atoms with Crippen LogP contribution in [0.25, 0.3) is 11.1 Å². The Morgan fingerprint density at radius 1 is 1.03 bits per heavy atom. The van der Waals surface area contributed by atoms with Crippen LogP contribution < -0.4 is 4.90 Å². The van der Waals surface area contributed by atoms with E-state index in [0.717, 1.165) is 16.7 Å². The Bertz CT molecular complexity index is 1000. The first-order valence-electron chi connectivity index (χ1n) is 9.58. The summed E-state index contributed by atoms with van der Waals surface area (Å²) >= 11 is 6.40. The molecule has 0 aliphatic carbocycles. The molecule has 1 amide bonds. The number of rotatable bonds is 7. The Morgan fingerprint density at radius 2 is 1.76 bits per heavy atom. The molecular formula is C24H23ClN2O2. The van der Waals surface area contributed by atoms with E-state index in [0.29, 0.717) is 35.5 Å². The van der Waals surface area contributed by atoms with Crippen LogP contribution in [0.5, 0.6) is 0 Å². The van der Waals surface area contributed by atoms with Crippen molar-refractivity contribution < 1.29 is 9.59 Å². The fourth-order valence-electron chi connectivity index (χ4n) is 3.13. The molecular weight excluding hydrogens is 384 g/mol. The lowest BCUT2D eigenvalue weighted by Crippen LogP contribution is -2.25. The molecule has 0 unspecified atom stereocenters. The molecule has 2 aromatic carbocycles. The van der Waals surface area contributed by atoms with Crippen molar-refractivity contribution >= 4 is 29.0 Å². The third-order valence-corrected chi connectivity index (χ3v) is 5.19. The summed E-state index contributed by atoms with van der Waals surface area (Å²) in [7, 11) is 1.72. The highest BCUT2D eigenvalue weighted by molar-refractivity contribution is 6.34. The standard InChI is InChI=1S/C24H23ClN2O2/c1-3-24(29)27(2)22-12-11-20(15-21(22)25)18-7-9-19(10-8-18)23(28)13-6-17-5-4-14-26-16-17/h4-5,7-12,14-16H,3,6,13H2,1-2H3. The van der Waals surface area contributed by atoms with Crippen LogP contribution in [0.15, 0.2) is 67.0 Å². The van der Waals surface area contributed by atoms with Gasteiger partial charge in [-0.2, -0.15) is 0 Å². The van der Waals surface area contributed by atoms with Crippen molar-refractivity contribution in [2.45, 2.75) is 26.2 Å². The summed E-state index contributed by atoms with van der Waals surface area (Å²) in [5.74, 6) is 0.113. The number of anilines is 1. The highest BCUT2D eigenvalue weighted by Gasteiger charge is 2.13. The molecule has 0 radical (unpaired) electrons. The average Bonchev–Trinajstić information content (AvgIpc) is 2.77. The van der Waals surface area contributed by atoms with Gasteiger partial charge in [-0.05, 0) is 41.3 Å². The molecule has 3 aromatic rings. The summed E-state index contributed by atoms with van der Waals surface area (Å²) in [6, 6.07) is 17.0. The van der Waals surface area contributed by atoms with Crippen molar-refractivity contribution in [3.8, 4) is 11.1 Å². The maximum atomic E-state index is 12.5. The van der Waals surface area contributed by atoms with Crippen molar-refractivity contribution in [2.24, 2.45) is 0 Å². The average molecular weight is 407 g/mol. The second-order valence-electron chi connectivity index (χ2n) is 6.83. The number of carbonyl (C=O) groups excluding carboxylic acids is 2. The zero-order valence-electron chi connectivity index (χ0n) is 16.6. The highest BCUT2D eigenvalue weighted by Crippen LogP contribution is 2.31. The number of hydrogen-bond donors (Lipinski definition) is 0. The first-order chi connectivity index (χ1) is 14.0. The Morgan fingerprint density at radius 3 is 2.38 bits per heavy atom. The number of pyridine rings is 1. The van der Waals surface area contributed by atoms with Gasteiger partial charge in [0.25, 0.3) is 0 Å². The predicted molar refractivity (Wildman–Crippen MR) is 117 cm³/mol. The monoisotopic (exact) mass is 406 g/mol. The summed E-state index contributed by atoms with van der Waals surface area (Å²) in [6.07, 6.45) is 5.06. The highest BCUT2D eigenvalue weighted by atomic mass is 35.5. The van der Waals surface area contributed by atoms with Crippen LogP contribution in [-0.4, -0.2) is 23.7 Å². The lowest BCUT2D eigenvalue weighted by atomic mass is 9.99. The van der Waals surface area contributed by atoms with E-state index < -0.39 is 0 Å². The van der Waals surface area contributed by atoms with E-state index in [4.69, 9.17) is 11.6 Å². The summed E-state index contributed by atoms with van der Waals surface area (Å²) in [4.78, 5) is 30.0. The van der Waals surface area contributed by atoms with Crippen molar-refractivity contribution in [3.63, 3.8) is 0 Å². The maximum Gasteiger partial charge on any atom is 0.226 e. The summed E-state index contributed by atoms with van der Waals surface area (Å²) in [6.45, 7) is 1.82. The molecule has 0 bridgehead atoms. The normalized spacial score (nSPS) is 10.6. The van der Waals surface area contributed by atoms with Gasteiger partial charge in [0.2, 0.25) is 5.91 Å². The molecule has 0 aliphatic rings. The summed E-state index contributed by atoms with van der Waals surface area (Å²) in [5.41, 5.74) is 4.33. The lowest BCUT2D eigenvalue weighted by Gasteiger charge is -2.18. The van der Waals surface area contributed by atoms with Crippen LogP contribution in [0.4, 0.5) is 5.69 Å². The number of ketones is 1. The van der Waals surface area contributed by atoms with Gasteiger partial charge in [-0.15, -0.1) is 0 Å². The molecule has 4 nitrogen and oxygen atoms in total. The van der Waals surface area contributed by atoms with Gasteiger partial charge in [-0.1, -0.05) is 54.9 Å². The fraction of sp³-hybridized carbons (Fsp3) is 0.208. The SMILES string of the molecule is CCC(=O)N(C)c1ccc(-c2ccc(C(=O)CCc3cccnc3)cc2)cc1Cl. The van der Waals surface area contributed by atoms with Crippen LogP contribution in [0, 0.1) is 0 Å². The Kier molecular flexibility index (Phi) is 6.78. The number of carbonyl (C=O) groups is 2. The minimum absolute atomic E-state index is 0.00815. The molecule has 5 heteroatoms. The molecule has 0 spiro atoms. The molecule has 0 saturated heterocycles. The summed E-state index contributed by atoms with van der Waals surface area (Å²) < 4.78 is 0. The van der Waals surface area contributed by atoms with Crippen LogP contribution in [0.1, 0.15) is 35.7 Å². The molecule has 1 heterocycles. The van der Waals surface area contributed by atoms with E-state index in [2.05, 4.69) is 4.98 Å². The van der Waals surface area contributed by atoms with Gasteiger partial charge in [-0.3, -0.25) is 14.6 Å². The smallest absolute Gasteiger partial charge is 0.226 e. The topological polar surface area (TPSA) is 50.3 Å². The van der Waals surface area contributed by atoms with E-state index in [-0.39, 0.29) is 11.7 Å². The third-order valence-electron chi connectivity index (χ3n) is 4.89. The Labute approximate surface area is 176 Å². The van der Waals surface area contributed by atoms with E-state index in [9.17, 15) is 9.59 Å². The van der Waals surface area contributed by atoms with E-state index >= 15 is 0 Å². The Hall–Kier alpha value is -2.98. The van der Waals surface area contributed by atoms with Gasteiger partial charge < -0.3 is 4.90 Å². The first-order valence-corrected chi connectivity index (χ1v) is 9.96. The van der Waals surface area contributed by atoms with Gasteiger partial charge in [0.1, 0.15) is 0 Å². The number of benzene rings is 2. The quantitative estimate of drug-likeness (QED) is 0.480. The second-order valence-corrected chi connectivity index (χ2v) is 7.24. The minimum Gasteiger partial charge on any atom is -0.314 e. The van der Waals surface area contributed by atoms with Gasteiger partial charge in [0.05, 0.1) is 10.7 Å². The van der Waals surface area contributed by atoms with Crippen LogP contribution in [0.3, 0.4) is 0 Å². The number of halogens is 1. The van der Waals surface area contributed by atoms with Gasteiger partial charge in [0, 0.05) is 37.8 Å². The molecule has 0 N–H and O–H groups in total. The zero-order valence-corrected chi connectivity index (χ0v) is 17.3. The maximum absolute atomic E-state index is 12.5. The molecule has 1 aromatic heterocycles. The Balaban J connectivity index is 1.70. The lowest BCUT2D eigenvalue weighted by molar-refractivity contribution is -0.118. The van der Waals surface area contributed by atoms with Gasteiger partial charge >= 0.3 is 0 Å². The summed E-state index contributed by atoms with van der Waals surface area (Å²) in [5, 5.41) is 0.517. The van der Waals surface area contributed by atoms with Crippen molar-refractivity contribution in [3.05, 3.63) is 83.1 Å². The van der Waals surface area contributed by atoms with E-state index in [1.165, 1.54) is 0 Å². The molecule has 0 aliphatic heterocycles. The number of hydrogen-bond acceptors (Lipinski definition) is 3. The van der Waals surface area contributed by atoms with E-state index in [1.54, 1.807) is 24.3 Å². The molecule has 0 fully saturated rings. The van der Waals surface area contributed by atoms with Crippen LogP contribution in [-0.2, 0) is 11.2 Å². The van der Waals surface area contributed by atoms with Crippen molar-refractivity contribution in [1.82, 2.24) is 4.98 Å². The molecule has 148 valence electrons. The van der Waals surface area contributed by atoms with Crippen molar-refractivity contribution in [2.75, 3.05) is 11.9 Å². The number of nitrogens with zero attached hydrogens (tertiary/aromatic N) is 2. The molecule has 29 heavy (non-hydrogen) atoms. The van der Waals surface area contributed by atoms with Gasteiger partial charge in [-0.25, -0.2) is 0 Å². The van der Waals surface area contributed by atoms with Crippen LogP contribution >= 0.6 is 11.6 Å². The molecule has 0 saturated carbocycles. The third kappa shape index (κ3) is 5.09. The van der Waals surface area contributed by atoms with Gasteiger partial charge in [0.15, 0.2) is 5.78 Å². The number of Topliss-reactive ketones (excluding diaryl/α,β-unsaturated/α-hetero) is 1. The molecule has 0 atom stereocenters. The van der Waals surface area contributed by atoms with Crippen LogP contribution in [0.2, 0.25) is 5.02 Å². The fourth-order valence-corrected chi connectivity index (χ4v) is 3.43. The second kappa shape index (κ2) is 9.48. The van der Waals surface area contributed by atoms with Crippen molar-refractivity contribution in [1.29, 1.82) is 0 Å². The zero-order chi connectivity index (χ0) is 20.8. The number of amides is 1. The minimum atomic E-state index is 0.00815. The number of aryl methyl sites for hydroxylation is 1.